The molecule has 2 aromatic heterocycles. The maximum atomic E-state index is 12.5. The molecule has 0 aliphatic heterocycles. The number of halogens is 4. The Bertz CT molecular complexity index is 583. The molecule has 0 aliphatic rings. The standard InChI is InChI=1S/C11H9ClF3N3S/c1-6-2-3-7(19-6)5-16-9-4-8(12)17-10(18-9)11(13,14)15/h2-4H,5H2,1H3,(H,16,17,18). The summed E-state index contributed by atoms with van der Waals surface area (Å²) >= 11 is 7.11. The first-order chi connectivity index (χ1) is 8.84. The third-order valence-corrected chi connectivity index (χ3v) is 3.38. The molecule has 1 N–H and O–H groups in total. The lowest BCUT2D eigenvalue weighted by molar-refractivity contribution is -0.144. The fraction of sp³-hybridized carbons (Fsp3) is 0.273. The topological polar surface area (TPSA) is 37.8 Å². The van der Waals surface area contributed by atoms with Crippen LogP contribution >= 0.6 is 22.9 Å². The van der Waals surface area contributed by atoms with E-state index in [0.29, 0.717) is 6.54 Å². The number of hydrogen-bond donors (Lipinski definition) is 1. The Balaban J connectivity index is 2.14. The Labute approximate surface area is 116 Å². The molecule has 0 bridgehead atoms. The molecule has 0 aliphatic carbocycles. The Hall–Kier alpha value is -1.34. The average molecular weight is 308 g/mol. The normalized spacial score (nSPS) is 11.6. The Morgan fingerprint density at radius 1 is 1.32 bits per heavy atom. The summed E-state index contributed by atoms with van der Waals surface area (Å²) in [4.78, 5) is 8.69. The van der Waals surface area contributed by atoms with Crippen molar-refractivity contribution >= 4 is 28.8 Å². The Kier molecular flexibility index (Phi) is 3.96. The van der Waals surface area contributed by atoms with E-state index in [4.69, 9.17) is 11.6 Å². The summed E-state index contributed by atoms with van der Waals surface area (Å²) in [6, 6.07) is 5.10. The van der Waals surface area contributed by atoms with Crippen LogP contribution in [0.1, 0.15) is 15.6 Å². The van der Waals surface area contributed by atoms with E-state index in [9.17, 15) is 13.2 Å². The highest BCUT2D eigenvalue weighted by molar-refractivity contribution is 7.11. The molecular weight excluding hydrogens is 299 g/mol. The second kappa shape index (κ2) is 5.34. The molecule has 2 aromatic rings. The van der Waals surface area contributed by atoms with Crippen LogP contribution in [0.5, 0.6) is 0 Å². The molecule has 0 saturated heterocycles. The lowest BCUT2D eigenvalue weighted by Crippen LogP contribution is -2.13. The molecule has 0 radical (unpaired) electrons. The third-order valence-electron chi connectivity index (χ3n) is 2.19. The van der Waals surface area contributed by atoms with E-state index in [1.165, 1.54) is 6.07 Å². The number of alkyl halides is 3. The minimum Gasteiger partial charge on any atom is -0.365 e. The van der Waals surface area contributed by atoms with Crippen LogP contribution in [0, 0.1) is 6.92 Å². The van der Waals surface area contributed by atoms with Crippen LogP contribution in [0.25, 0.3) is 0 Å². The zero-order chi connectivity index (χ0) is 14.0. The first-order valence-electron chi connectivity index (χ1n) is 5.25. The minimum atomic E-state index is -4.61. The maximum absolute atomic E-state index is 12.5. The highest BCUT2D eigenvalue weighted by Gasteiger charge is 2.35. The zero-order valence-corrected chi connectivity index (χ0v) is 11.3. The summed E-state index contributed by atoms with van der Waals surface area (Å²) in [7, 11) is 0. The second-order valence-corrected chi connectivity index (χ2v) is 5.52. The zero-order valence-electron chi connectivity index (χ0n) is 9.75. The van der Waals surface area contributed by atoms with Gasteiger partial charge in [0.05, 0.1) is 6.54 Å². The number of hydrogen-bond acceptors (Lipinski definition) is 4. The van der Waals surface area contributed by atoms with Gasteiger partial charge in [-0.15, -0.1) is 11.3 Å². The molecule has 0 saturated carbocycles. The van der Waals surface area contributed by atoms with E-state index in [0.717, 1.165) is 9.75 Å². The van der Waals surface area contributed by atoms with Gasteiger partial charge in [0.2, 0.25) is 5.82 Å². The smallest absolute Gasteiger partial charge is 0.365 e. The van der Waals surface area contributed by atoms with Gasteiger partial charge in [-0.2, -0.15) is 13.2 Å². The molecule has 0 atom stereocenters. The summed E-state index contributed by atoms with van der Waals surface area (Å²) in [6.07, 6.45) is -4.61. The quantitative estimate of drug-likeness (QED) is 0.866. The van der Waals surface area contributed by atoms with Crippen molar-refractivity contribution in [2.45, 2.75) is 19.6 Å². The SMILES string of the molecule is Cc1ccc(CNc2cc(Cl)nc(C(F)(F)F)n2)s1. The van der Waals surface area contributed by atoms with Crippen LogP contribution in [0.4, 0.5) is 19.0 Å². The molecule has 0 aromatic carbocycles. The largest absolute Gasteiger partial charge is 0.451 e. The van der Waals surface area contributed by atoms with Crippen molar-refractivity contribution in [3.8, 4) is 0 Å². The van der Waals surface area contributed by atoms with E-state index in [2.05, 4.69) is 15.3 Å². The van der Waals surface area contributed by atoms with Gasteiger partial charge in [-0.3, -0.25) is 0 Å². The number of nitrogens with one attached hydrogen (secondary N) is 1. The van der Waals surface area contributed by atoms with E-state index >= 15 is 0 Å². The summed E-state index contributed by atoms with van der Waals surface area (Å²) in [5, 5.41) is 2.56. The molecule has 0 spiro atoms. The van der Waals surface area contributed by atoms with Gasteiger partial charge in [0.1, 0.15) is 11.0 Å². The number of rotatable bonds is 3. The lowest BCUT2D eigenvalue weighted by Gasteiger charge is -2.09. The molecule has 19 heavy (non-hydrogen) atoms. The molecule has 102 valence electrons. The van der Waals surface area contributed by atoms with Crippen molar-refractivity contribution in [3.05, 3.63) is 38.9 Å². The molecule has 0 fully saturated rings. The number of aromatic nitrogens is 2. The van der Waals surface area contributed by atoms with E-state index < -0.39 is 12.0 Å². The number of anilines is 1. The van der Waals surface area contributed by atoms with E-state index in [1.807, 2.05) is 19.1 Å². The van der Waals surface area contributed by atoms with Gasteiger partial charge in [0, 0.05) is 15.8 Å². The monoisotopic (exact) mass is 307 g/mol. The highest BCUT2D eigenvalue weighted by Crippen LogP contribution is 2.28. The summed E-state index contributed by atoms with van der Waals surface area (Å²) in [6.45, 7) is 2.35. The van der Waals surface area contributed by atoms with E-state index in [-0.39, 0.29) is 11.0 Å². The van der Waals surface area contributed by atoms with Crippen molar-refractivity contribution in [2.75, 3.05) is 5.32 Å². The summed E-state index contributed by atoms with van der Waals surface area (Å²) < 4.78 is 37.5. The summed E-state index contributed by atoms with van der Waals surface area (Å²) in [5.74, 6) is -1.19. The second-order valence-electron chi connectivity index (χ2n) is 3.76. The molecule has 3 nitrogen and oxygen atoms in total. The van der Waals surface area contributed by atoms with Gasteiger partial charge in [0.15, 0.2) is 0 Å². The van der Waals surface area contributed by atoms with Crippen molar-refractivity contribution < 1.29 is 13.2 Å². The van der Waals surface area contributed by atoms with Gasteiger partial charge in [-0.25, -0.2) is 9.97 Å². The van der Waals surface area contributed by atoms with E-state index in [1.54, 1.807) is 11.3 Å². The highest BCUT2D eigenvalue weighted by atomic mass is 35.5. The predicted molar refractivity (Wildman–Crippen MR) is 68.4 cm³/mol. The Morgan fingerprint density at radius 3 is 2.63 bits per heavy atom. The number of aryl methyl sites for hydroxylation is 1. The molecule has 0 unspecified atom stereocenters. The van der Waals surface area contributed by atoms with Crippen LogP contribution in [-0.4, -0.2) is 9.97 Å². The van der Waals surface area contributed by atoms with Gasteiger partial charge in [-0.1, -0.05) is 11.6 Å². The summed E-state index contributed by atoms with van der Waals surface area (Å²) in [5.41, 5.74) is 0. The Morgan fingerprint density at radius 2 is 2.05 bits per heavy atom. The van der Waals surface area contributed by atoms with Crippen molar-refractivity contribution in [2.24, 2.45) is 0 Å². The molecular formula is C11H9ClF3N3S. The van der Waals surface area contributed by atoms with Gasteiger partial charge in [-0.05, 0) is 19.1 Å². The van der Waals surface area contributed by atoms with Gasteiger partial charge >= 0.3 is 6.18 Å². The third kappa shape index (κ3) is 3.81. The molecule has 8 heteroatoms. The van der Waals surface area contributed by atoms with Crippen LogP contribution < -0.4 is 5.32 Å². The fourth-order valence-corrected chi connectivity index (χ4v) is 2.41. The van der Waals surface area contributed by atoms with Gasteiger partial charge < -0.3 is 5.32 Å². The fourth-order valence-electron chi connectivity index (χ4n) is 1.39. The van der Waals surface area contributed by atoms with Crippen molar-refractivity contribution in [3.63, 3.8) is 0 Å². The number of nitrogens with zero attached hydrogens (tertiary/aromatic N) is 2. The molecule has 0 amide bonds. The average Bonchev–Trinajstić information content (AvgIpc) is 2.71. The predicted octanol–water partition coefficient (Wildman–Crippen LogP) is 4.13. The first-order valence-corrected chi connectivity index (χ1v) is 6.45. The minimum absolute atomic E-state index is 0.0541. The number of thiophene rings is 1. The maximum Gasteiger partial charge on any atom is 0.451 e. The van der Waals surface area contributed by atoms with Crippen LogP contribution in [-0.2, 0) is 12.7 Å². The molecule has 2 rings (SSSR count). The molecule has 2 heterocycles. The van der Waals surface area contributed by atoms with Crippen molar-refractivity contribution in [1.82, 2.24) is 9.97 Å². The van der Waals surface area contributed by atoms with Gasteiger partial charge in [0.25, 0.3) is 0 Å². The lowest BCUT2D eigenvalue weighted by atomic mass is 10.4. The van der Waals surface area contributed by atoms with Crippen LogP contribution in [0.3, 0.4) is 0 Å². The van der Waals surface area contributed by atoms with Crippen LogP contribution in [0.15, 0.2) is 18.2 Å². The van der Waals surface area contributed by atoms with Crippen molar-refractivity contribution in [1.29, 1.82) is 0 Å². The first kappa shape index (κ1) is 14.1. The van der Waals surface area contributed by atoms with Crippen LogP contribution in [0.2, 0.25) is 5.15 Å².